The molecule has 5 rings (SSSR count). The molecule has 0 bridgehead atoms. The second kappa shape index (κ2) is 7.94. The van der Waals surface area contributed by atoms with Crippen LogP contribution in [0.15, 0.2) is 29.1 Å². The minimum Gasteiger partial charge on any atom is -0.335 e. The first-order valence-corrected chi connectivity index (χ1v) is 11.3. The third kappa shape index (κ3) is 3.73. The maximum atomic E-state index is 13.0. The number of nitrogens with one attached hydrogen (secondary N) is 1. The average molecular weight is 394 g/mol. The van der Waals surface area contributed by atoms with Crippen LogP contribution in [0.1, 0.15) is 49.8 Å². The molecule has 5 heteroatoms. The van der Waals surface area contributed by atoms with E-state index in [4.69, 9.17) is 0 Å². The Morgan fingerprint density at radius 1 is 0.966 bits per heavy atom. The van der Waals surface area contributed by atoms with E-state index in [-0.39, 0.29) is 11.5 Å². The lowest BCUT2D eigenvalue weighted by Crippen LogP contribution is -2.45. The Morgan fingerprint density at radius 2 is 1.66 bits per heavy atom. The summed E-state index contributed by atoms with van der Waals surface area (Å²) in [7, 11) is 0. The summed E-state index contributed by atoms with van der Waals surface area (Å²) in [6.45, 7) is 3.88. The summed E-state index contributed by atoms with van der Waals surface area (Å²) in [6.07, 6.45) is 8.98. The maximum absolute atomic E-state index is 13.0. The highest BCUT2D eigenvalue weighted by Gasteiger charge is 2.30. The minimum atomic E-state index is -0.0531. The van der Waals surface area contributed by atoms with Gasteiger partial charge in [0.25, 0.3) is 5.56 Å². The van der Waals surface area contributed by atoms with E-state index >= 15 is 0 Å². The number of carbonyl (C=O) groups excluding carboxylic acids is 1. The van der Waals surface area contributed by atoms with E-state index in [0.717, 1.165) is 54.4 Å². The van der Waals surface area contributed by atoms with Gasteiger partial charge in [-0.3, -0.25) is 14.5 Å². The van der Waals surface area contributed by atoms with Gasteiger partial charge >= 0.3 is 0 Å². The van der Waals surface area contributed by atoms with Gasteiger partial charge in [0.05, 0.1) is 13.1 Å². The highest BCUT2D eigenvalue weighted by atomic mass is 16.2. The van der Waals surface area contributed by atoms with Crippen LogP contribution in [0.5, 0.6) is 0 Å². The molecule has 0 radical (unpaired) electrons. The molecule has 3 aliphatic rings. The van der Waals surface area contributed by atoms with Crippen molar-refractivity contribution in [2.24, 2.45) is 11.8 Å². The molecule has 5 nitrogen and oxygen atoms in total. The molecule has 1 aliphatic carbocycles. The van der Waals surface area contributed by atoms with Crippen LogP contribution in [-0.2, 0) is 17.8 Å². The topological polar surface area (TPSA) is 56.4 Å². The number of likely N-dealkylation sites (tertiary alicyclic amines) is 1. The molecule has 1 saturated carbocycles. The lowest BCUT2D eigenvalue weighted by atomic mass is 9.83. The lowest BCUT2D eigenvalue weighted by molar-refractivity contribution is -0.133. The van der Waals surface area contributed by atoms with Crippen molar-refractivity contribution in [1.29, 1.82) is 0 Å². The maximum Gasteiger partial charge on any atom is 0.256 e. The number of benzene rings is 1. The van der Waals surface area contributed by atoms with Gasteiger partial charge in [-0.1, -0.05) is 43.9 Å². The first kappa shape index (κ1) is 18.9. The van der Waals surface area contributed by atoms with Crippen LogP contribution in [0, 0.1) is 11.8 Å². The van der Waals surface area contributed by atoms with Gasteiger partial charge in [-0.25, -0.2) is 0 Å². The Bertz CT molecular complexity index is 952. The summed E-state index contributed by atoms with van der Waals surface area (Å²) >= 11 is 0. The predicted molar refractivity (Wildman–Crippen MR) is 115 cm³/mol. The van der Waals surface area contributed by atoms with Gasteiger partial charge in [-0.15, -0.1) is 0 Å². The molecule has 1 saturated heterocycles. The summed E-state index contributed by atoms with van der Waals surface area (Å²) in [6, 6.07) is 7.78. The van der Waals surface area contributed by atoms with E-state index in [2.05, 4.69) is 9.88 Å². The van der Waals surface area contributed by atoms with Gasteiger partial charge in [0.2, 0.25) is 5.91 Å². The van der Waals surface area contributed by atoms with Crippen LogP contribution in [0.4, 0.5) is 0 Å². The van der Waals surface area contributed by atoms with Crippen molar-refractivity contribution in [1.82, 2.24) is 14.8 Å². The quantitative estimate of drug-likeness (QED) is 0.870. The van der Waals surface area contributed by atoms with E-state index in [1.54, 1.807) is 0 Å². The smallest absolute Gasteiger partial charge is 0.256 e. The summed E-state index contributed by atoms with van der Waals surface area (Å²) in [5.41, 5.74) is 2.05. The SMILES string of the molecule is O=C(CN1CCC(C2CCCC2)CC1)N1CCc2c([nH]c(=O)c3ccccc23)C1. The molecular weight excluding hydrogens is 362 g/mol. The van der Waals surface area contributed by atoms with Crippen LogP contribution in [0.25, 0.3) is 10.8 Å². The number of piperidine rings is 1. The Labute approximate surface area is 172 Å². The van der Waals surface area contributed by atoms with Gasteiger partial charge in [-0.05, 0) is 61.2 Å². The molecular formula is C24H31N3O2. The standard InChI is InChI=1S/C24H31N3O2/c28-23(16-26-12-9-18(10-13-26)17-5-1-2-6-17)27-14-11-20-19-7-3-4-8-21(19)24(29)25-22(20)15-27/h3-4,7-8,17-18H,1-2,5-6,9-16H2,(H,25,29). The third-order valence-corrected chi connectivity index (χ3v) is 7.52. The van der Waals surface area contributed by atoms with E-state index in [9.17, 15) is 9.59 Å². The zero-order chi connectivity index (χ0) is 19.8. The van der Waals surface area contributed by atoms with Crippen molar-refractivity contribution in [2.45, 2.75) is 51.5 Å². The molecule has 2 aliphatic heterocycles. The molecule has 154 valence electrons. The van der Waals surface area contributed by atoms with Crippen LogP contribution in [0.3, 0.4) is 0 Å². The minimum absolute atomic E-state index is 0.0531. The Kier molecular flexibility index (Phi) is 5.17. The fourth-order valence-electron chi connectivity index (χ4n) is 5.84. The van der Waals surface area contributed by atoms with Crippen molar-refractivity contribution in [3.05, 3.63) is 45.9 Å². The molecule has 29 heavy (non-hydrogen) atoms. The molecule has 0 unspecified atom stereocenters. The highest BCUT2D eigenvalue weighted by molar-refractivity contribution is 5.86. The number of nitrogens with zero attached hydrogens (tertiary/aromatic N) is 2. The largest absolute Gasteiger partial charge is 0.335 e. The van der Waals surface area contributed by atoms with Crippen molar-refractivity contribution in [2.75, 3.05) is 26.2 Å². The van der Waals surface area contributed by atoms with Crippen molar-refractivity contribution in [3.63, 3.8) is 0 Å². The third-order valence-electron chi connectivity index (χ3n) is 7.52. The number of carbonyl (C=O) groups is 1. The normalized spacial score (nSPS) is 21.6. The van der Waals surface area contributed by atoms with Gasteiger partial charge in [-0.2, -0.15) is 0 Å². The Balaban J connectivity index is 1.22. The van der Waals surface area contributed by atoms with E-state index in [1.807, 2.05) is 29.2 Å². The molecule has 2 aromatic rings. The van der Waals surface area contributed by atoms with E-state index < -0.39 is 0 Å². The second-order valence-corrected chi connectivity index (χ2v) is 9.18. The first-order chi connectivity index (χ1) is 14.2. The number of rotatable bonds is 3. The number of hydrogen-bond acceptors (Lipinski definition) is 3. The van der Waals surface area contributed by atoms with Gasteiger partial charge < -0.3 is 9.88 Å². The number of hydrogen-bond donors (Lipinski definition) is 1. The number of aromatic nitrogens is 1. The van der Waals surface area contributed by atoms with Crippen LogP contribution in [0.2, 0.25) is 0 Å². The number of pyridine rings is 1. The van der Waals surface area contributed by atoms with Crippen molar-refractivity contribution in [3.8, 4) is 0 Å². The number of fused-ring (bicyclic) bond motifs is 3. The molecule has 0 spiro atoms. The summed E-state index contributed by atoms with van der Waals surface area (Å²) in [4.78, 5) is 32.7. The number of aromatic amines is 1. The Hall–Kier alpha value is -2.14. The highest BCUT2D eigenvalue weighted by Crippen LogP contribution is 2.36. The van der Waals surface area contributed by atoms with Crippen LogP contribution in [-0.4, -0.2) is 46.9 Å². The van der Waals surface area contributed by atoms with Crippen molar-refractivity contribution < 1.29 is 4.79 Å². The second-order valence-electron chi connectivity index (χ2n) is 9.18. The van der Waals surface area contributed by atoms with Crippen LogP contribution >= 0.6 is 0 Å². The zero-order valence-electron chi connectivity index (χ0n) is 17.2. The fourth-order valence-corrected chi connectivity index (χ4v) is 5.84. The number of H-pyrrole nitrogens is 1. The predicted octanol–water partition coefficient (Wildman–Crippen LogP) is 3.32. The summed E-state index contributed by atoms with van der Waals surface area (Å²) < 4.78 is 0. The zero-order valence-corrected chi connectivity index (χ0v) is 17.2. The van der Waals surface area contributed by atoms with Gasteiger partial charge in [0, 0.05) is 17.6 Å². The molecule has 2 fully saturated rings. The monoisotopic (exact) mass is 393 g/mol. The van der Waals surface area contributed by atoms with E-state index in [1.165, 1.54) is 44.1 Å². The lowest BCUT2D eigenvalue weighted by Gasteiger charge is -2.36. The van der Waals surface area contributed by atoms with Crippen LogP contribution < -0.4 is 5.56 Å². The summed E-state index contributed by atoms with van der Waals surface area (Å²) in [5, 5.41) is 1.78. The first-order valence-electron chi connectivity index (χ1n) is 11.3. The molecule has 0 atom stereocenters. The summed E-state index contributed by atoms with van der Waals surface area (Å²) in [5.74, 6) is 2.02. The molecule has 1 aromatic carbocycles. The van der Waals surface area contributed by atoms with E-state index in [0.29, 0.717) is 13.1 Å². The fraction of sp³-hybridized carbons (Fsp3) is 0.583. The van der Waals surface area contributed by atoms with Gasteiger partial charge in [0.15, 0.2) is 0 Å². The molecule has 1 amide bonds. The molecule has 1 N–H and O–H groups in total. The molecule has 1 aromatic heterocycles. The van der Waals surface area contributed by atoms with Gasteiger partial charge in [0.1, 0.15) is 0 Å². The Morgan fingerprint density at radius 3 is 2.41 bits per heavy atom. The average Bonchev–Trinajstić information content (AvgIpc) is 3.29. The molecule has 3 heterocycles. The van der Waals surface area contributed by atoms with Crippen molar-refractivity contribution >= 4 is 16.7 Å². The number of amides is 1.